The van der Waals surface area contributed by atoms with E-state index in [1.54, 1.807) is 23.1 Å². The van der Waals surface area contributed by atoms with Gasteiger partial charge in [0.15, 0.2) is 0 Å². The maximum Gasteiger partial charge on any atom is 0.410 e. The van der Waals surface area contributed by atoms with Crippen molar-refractivity contribution >= 4 is 17.0 Å². The molecule has 0 saturated carbocycles. The van der Waals surface area contributed by atoms with Gasteiger partial charge in [-0.3, -0.25) is 4.98 Å². The Morgan fingerprint density at radius 2 is 2.17 bits per heavy atom. The molecule has 3 aromatic rings. The molecule has 0 N–H and O–H groups in total. The number of aryl methyl sites for hydroxylation is 4. The van der Waals surface area contributed by atoms with Crippen LogP contribution in [-0.4, -0.2) is 32.7 Å². The van der Waals surface area contributed by atoms with Gasteiger partial charge < -0.3 is 14.2 Å². The molecule has 1 amide bonds. The van der Waals surface area contributed by atoms with Gasteiger partial charge >= 0.3 is 6.09 Å². The number of aromatic nitrogens is 2. The van der Waals surface area contributed by atoms with Crippen LogP contribution in [0.3, 0.4) is 0 Å². The molecule has 158 valence electrons. The van der Waals surface area contributed by atoms with Crippen LogP contribution in [0.25, 0.3) is 10.9 Å². The highest BCUT2D eigenvalue weighted by atomic mass is 16.6. The molecule has 0 radical (unpaired) electrons. The number of amides is 1. The van der Waals surface area contributed by atoms with Crippen LogP contribution >= 0.6 is 0 Å². The summed E-state index contributed by atoms with van der Waals surface area (Å²) in [6.07, 6.45) is 2.04. The van der Waals surface area contributed by atoms with Gasteiger partial charge in [0.1, 0.15) is 5.60 Å². The fraction of sp³-hybridized carbons (Fsp3) is 0.440. The van der Waals surface area contributed by atoms with Crippen molar-refractivity contribution in [2.75, 3.05) is 6.54 Å². The molecule has 5 heteroatoms. The molecular formula is C25H31N3O2. The number of hydrogen-bond acceptors (Lipinski definition) is 3. The van der Waals surface area contributed by atoms with Gasteiger partial charge in [-0.15, -0.1) is 0 Å². The summed E-state index contributed by atoms with van der Waals surface area (Å²) in [6.45, 7) is 2.06. The van der Waals surface area contributed by atoms with Gasteiger partial charge in [0.05, 0.1) is 7.92 Å². The predicted octanol–water partition coefficient (Wildman–Crippen LogP) is 5.19. The van der Waals surface area contributed by atoms with Crippen molar-refractivity contribution in [2.24, 2.45) is 0 Å². The van der Waals surface area contributed by atoms with E-state index in [1.165, 1.54) is 12.3 Å². The van der Waals surface area contributed by atoms with Crippen molar-refractivity contribution in [3.8, 4) is 0 Å². The summed E-state index contributed by atoms with van der Waals surface area (Å²) in [6, 6.07) is 6.48. The average Bonchev–Trinajstić information content (AvgIpc) is 3.08. The van der Waals surface area contributed by atoms with E-state index in [2.05, 4.69) is 9.55 Å². The maximum atomic E-state index is 12.8. The Morgan fingerprint density at radius 3 is 2.90 bits per heavy atom. The number of ether oxygens (including phenoxy) is 1. The molecule has 0 fully saturated rings. The second-order valence-electron chi connectivity index (χ2n) is 8.67. The highest BCUT2D eigenvalue weighted by molar-refractivity contribution is 5.87. The minimum absolute atomic E-state index is 0.107. The molecule has 0 spiro atoms. The lowest BCUT2D eigenvalue weighted by Crippen LogP contribution is -2.40. The molecule has 30 heavy (non-hydrogen) atoms. The molecule has 1 aliphatic heterocycles. The van der Waals surface area contributed by atoms with Crippen molar-refractivity contribution in [3.05, 3.63) is 64.6 Å². The van der Waals surface area contributed by atoms with Crippen LogP contribution in [0.5, 0.6) is 0 Å². The average molecular weight is 413 g/mol. The Morgan fingerprint density at radius 1 is 1.30 bits per heavy atom. The molecule has 0 bridgehead atoms. The van der Waals surface area contributed by atoms with Gasteiger partial charge in [-0.2, -0.15) is 0 Å². The fourth-order valence-electron chi connectivity index (χ4n) is 3.94. The Hall–Kier alpha value is -2.82. The summed E-state index contributed by atoms with van der Waals surface area (Å²) >= 11 is 0. The second-order valence-corrected chi connectivity index (χ2v) is 8.67. The quantitative estimate of drug-likeness (QED) is 0.595. The zero-order valence-corrected chi connectivity index (χ0v) is 17.6. The molecule has 1 aliphatic rings. The lowest BCUT2D eigenvalue weighted by atomic mass is 10.0. The highest BCUT2D eigenvalue weighted by Gasteiger charge is 2.29. The van der Waals surface area contributed by atoms with E-state index in [4.69, 9.17) is 14.3 Å². The molecule has 5 nitrogen and oxygen atoms in total. The smallest absolute Gasteiger partial charge is 0.410 e. The number of nitrogens with zero attached hydrogens (tertiary/aromatic N) is 3. The lowest BCUT2D eigenvalue weighted by molar-refractivity contribution is 0.0223. The minimum Gasteiger partial charge on any atom is -0.444 e. The zero-order valence-electron chi connectivity index (χ0n) is 24.6. The topological polar surface area (TPSA) is 47.4 Å². The molecule has 2 aromatic heterocycles. The molecule has 3 heterocycles. The Balaban J connectivity index is 1.70. The second kappa shape index (κ2) is 7.78. The summed E-state index contributed by atoms with van der Waals surface area (Å²) in [5.41, 5.74) is 2.86. The molecule has 0 aliphatic carbocycles. The van der Waals surface area contributed by atoms with Crippen molar-refractivity contribution in [1.29, 1.82) is 0 Å². The van der Waals surface area contributed by atoms with Crippen LogP contribution in [0.2, 0.25) is 0 Å². The largest absolute Gasteiger partial charge is 0.444 e. The molecule has 0 atom stereocenters. The lowest BCUT2D eigenvalue weighted by Gasteiger charge is -2.30. The first kappa shape index (κ1) is 13.5. The molecule has 0 saturated heterocycles. The van der Waals surface area contributed by atoms with Crippen LogP contribution in [0.1, 0.15) is 58.4 Å². The first-order chi connectivity index (χ1) is 17.0. The van der Waals surface area contributed by atoms with Gasteiger partial charge in [0, 0.05) is 61.8 Å². The number of carbonyl (C=O) groups excluding carboxylic acids is 1. The van der Waals surface area contributed by atoms with Gasteiger partial charge in [-0.05, 0) is 64.7 Å². The molecule has 4 rings (SSSR count). The van der Waals surface area contributed by atoms with Crippen molar-refractivity contribution in [1.82, 2.24) is 14.5 Å². The maximum absolute atomic E-state index is 12.8. The van der Waals surface area contributed by atoms with Crippen molar-refractivity contribution in [3.63, 3.8) is 0 Å². The fourth-order valence-corrected chi connectivity index (χ4v) is 3.94. The first-order valence-electron chi connectivity index (χ1n) is 13.6. The van der Waals surface area contributed by atoms with E-state index in [0.717, 1.165) is 22.2 Å². The standard InChI is InChI=1S/C25H31N3O2/c1-17-6-9-22-20(14-17)21-16-27(24(29)30-25(3,4)5)12-11-23(21)28(22)13-10-19-8-7-18(2)26-15-19/h6-9,14-15H,10-13,16H2,1-5H3/i1D3,2D3,8D. The van der Waals surface area contributed by atoms with Crippen LogP contribution in [0, 0.1) is 13.7 Å². The van der Waals surface area contributed by atoms with Crippen LogP contribution in [-0.2, 0) is 30.7 Å². The number of rotatable bonds is 3. The van der Waals surface area contributed by atoms with Crippen molar-refractivity contribution < 1.29 is 19.1 Å². The number of benzene rings is 1. The SMILES string of the molecule is [2H]c1cc(C([2H])([2H])[2H])ncc1CCn1c2c(c3cc(C([2H])([2H])[2H])ccc31)CN(C(=O)OC(C)(C)C)CC2. The highest BCUT2D eigenvalue weighted by Crippen LogP contribution is 2.32. The summed E-state index contributed by atoms with van der Waals surface area (Å²) < 4.78 is 62.1. The molecule has 1 aromatic carbocycles. The number of hydrogen-bond donors (Lipinski definition) is 0. The van der Waals surface area contributed by atoms with E-state index >= 15 is 0 Å². The minimum atomic E-state index is -2.37. The monoisotopic (exact) mass is 412 g/mol. The number of carbonyl (C=O) groups is 1. The van der Waals surface area contributed by atoms with E-state index in [-0.39, 0.29) is 17.3 Å². The zero-order chi connectivity index (χ0) is 27.3. The van der Waals surface area contributed by atoms with Crippen LogP contribution in [0.15, 0.2) is 36.5 Å². The van der Waals surface area contributed by atoms with Gasteiger partial charge in [0.2, 0.25) is 0 Å². The Labute approximate surface area is 188 Å². The van der Waals surface area contributed by atoms with E-state index < -0.39 is 25.4 Å². The third-order valence-electron chi connectivity index (χ3n) is 5.26. The summed E-state index contributed by atoms with van der Waals surface area (Å²) in [5, 5.41) is 0.777. The van der Waals surface area contributed by atoms with Crippen LogP contribution in [0.4, 0.5) is 4.79 Å². The summed E-state index contributed by atoms with van der Waals surface area (Å²) in [5.74, 6) is 0. The Bertz CT molecular complexity index is 1340. The number of pyridine rings is 1. The van der Waals surface area contributed by atoms with Crippen LogP contribution < -0.4 is 0 Å². The van der Waals surface area contributed by atoms with Gasteiger partial charge in [-0.1, -0.05) is 17.7 Å². The number of fused-ring (bicyclic) bond motifs is 3. The third-order valence-corrected chi connectivity index (χ3v) is 5.26. The van der Waals surface area contributed by atoms with E-state index in [0.29, 0.717) is 38.0 Å². The van der Waals surface area contributed by atoms with Gasteiger partial charge in [0.25, 0.3) is 0 Å². The van der Waals surface area contributed by atoms with E-state index in [1.807, 2.05) is 20.8 Å². The summed E-state index contributed by atoms with van der Waals surface area (Å²) in [4.78, 5) is 18.5. The van der Waals surface area contributed by atoms with Crippen molar-refractivity contribution in [2.45, 2.75) is 66.0 Å². The first-order valence-corrected chi connectivity index (χ1v) is 10.1. The predicted molar refractivity (Wildman–Crippen MR) is 120 cm³/mol. The molecule has 0 unspecified atom stereocenters. The van der Waals surface area contributed by atoms with E-state index in [9.17, 15) is 4.79 Å². The molecular weight excluding hydrogens is 374 g/mol. The third kappa shape index (κ3) is 4.20. The Kier molecular flexibility index (Phi) is 3.50. The van der Waals surface area contributed by atoms with Gasteiger partial charge in [-0.25, -0.2) is 4.79 Å². The summed E-state index contributed by atoms with van der Waals surface area (Å²) in [7, 11) is 0. The normalized spacial score (nSPS) is 18.4.